The number of benzene rings is 1. The van der Waals surface area contributed by atoms with Gasteiger partial charge in [0.2, 0.25) is 0 Å². The third kappa shape index (κ3) is 3.39. The number of H-pyrrole nitrogens is 1. The number of nitrogens with zero attached hydrogens (tertiary/aromatic N) is 4. The fraction of sp³-hybridized carbons (Fsp3) is 0.474. The standard InChI is InChI=1S/C19H24N6O3/c1-11-18(26)24(3)15-10-14(4-5-16(15)28-11)21-19(27)25-8-6-13(7-9-25)17-20-12(2)22-23-17/h4-5,10-11,13H,6-9H2,1-3H3,(H,21,27)(H,20,22,23). The molecule has 0 bridgehead atoms. The van der Waals surface area contributed by atoms with Crippen molar-refractivity contribution in [2.45, 2.75) is 38.7 Å². The molecule has 3 heterocycles. The fourth-order valence-electron chi connectivity index (χ4n) is 3.68. The zero-order chi connectivity index (χ0) is 19.8. The smallest absolute Gasteiger partial charge is 0.321 e. The molecule has 2 N–H and O–H groups in total. The number of rotatable bonds is 2. The van der Waals surface area contributed by atoms with Crippen molar-refractivity contribution in [1.29, 1.82) is 0 Å². The molecular weight excluding hydrogens is 360 g/mol. The summed E-state index contributed by atoms with van der Waals surface area (Å²) in [4.78, 5) is 32.5. The number of urea groups is 1. The van der Waals surface area contributed by atoms with Crippen LogP contribution in [-0.4, -0.2) is 58.3 Å². The molecule has 0 spiro atoms. The maximum absolute atomic E-state index is 12.6. The van der Waals surface area contributed by atoms with Crippen LogP contribution in [0.1, 0.15) is 37.3 Å². The number of fused-ring (bicyclic) bond motifs is 1. The van der Waals surface area contributed by atoms with Crippen molar-refractivity contribution in [3.8, 4) is 5.75 Å². The second-order valence-corrected chi connectivity index (χ2v) is 7.31. The van der Waals surface area contributed by atoms with Gasteiger partial charge < -0.3 is 19.9 Å². The number of amides is 3. The number of hydrogen-bond acceptors (Lipinski definition) is 5. The van der Waals surface area contributed by atoms with Crippen molar-refractivity contribution in [3.05, 3.63) is 29.8 Å². The lowest BCUT2D eigenvalue weighted by atomic mass is 9.96. The van der Waals surface area contributed by atoms with E-state index in [9.17, 15) is 9.59 Å². The Morgan fingerprint density at radius 2 is 2.07 bits per heavy atom. The zero-order valence-electron chi connectivity index (χ0n) is 16.2. The maximum atomic E-state index is 12.6. The molecule has 9 nitrogen and oxygen atoms in total. The molecule has 2 aliphatic rings. The van der Waals surface area contributed by atoms with E-state index in [4.69, 9.17) is 4.74 Å². The first-order valence-corrected chi connectivity index (χ1v) is 9.45. The van der Waals surface area contributed by atoms with Crippen LogP contribution in [-0.2, 0) is 4.79 Å². The molecule has 2 aliphatic heterocycles. The molecule has 1 unspecified atom stereocenters. The summed E-state index contributed by atoms with van der Waals surface area (Å²) in [6.07, 6.45) is 1.16. The minimum Gasteiger partial charge on any atom is -0.479 e. The fourth-order valence-corrected chi connectivity index (χ4v) is 3.68. The molecule has 9 heteroatoms. The molecule has 1 fully saturated rings. The van der Waals surface area contributed by atoms with Gasteiger partial charge >= 0.3 is 6.03 Å². The summed E-state index contributed by atoms with van der Waals surface area (Å²) < 4.78 is 5.62. The van der Waals surface area contributed by atoms with Crippen molar-refractivity contribution in [3.63, 3.8) is 0 Å². The summed E-state index contributed by atoms with van der Waals surface area (Å²) >= 11 is 0. The van der Waals surface area contributed by atoms with Gasteiger partial charge in [-0.1, -0.05) is 0 Å². The Morgan fingerprint density at radius 1 is 1.32 bits per heavy atom. The molecule has 0 aliphatic carbocycles. The Bertz CT molecular complexity index is 903. The Balaban J connectivity index is 1.39. The topological polar surface area (TPSA) is 103 Å². The third-order valence-electron chi connectivity index (χ3n) is 5.32. The van der Waals surface area contributed by atoms with Crippen LogP contribution >= 0.6 is 0 Å². The molecule has 1 aromatic heterocycles. The van der Waals surface area contributed by atoms with Gasteiger partial charge in [0.05, 0.1) is 5.69 Å². The highest BCUT2D eigenvalue weighted by atomic mass is 16.5. The van der Waals surface area contributed by atoms with Crippen molar-refractivity contribution in [1.82, 2.24) is 20.1 Å². The summed E-state index contributed by atoms with van der Waals surface area (Å²) in [6.45, 7) is 4.90. The highest BCUT2D eigenvalue weighted by Gasteiger charge is 2.30. The minimum atomic E-state index is -0.507. The van der Waals surface area contributed by atoms with E-state index >= 15 is 0 Å². The summed E-state index contributed by atoms with van der Waals surface area (Å²) in [5.41, 5.74) is 1.29. The van der Waals surface area contributed by atoms with Gasteiger partial charge in [-0.25, -0.2) is 9.78 Å². The van der Waals surface area contributed by atoms with Gasteiger partial charge in [0, 0.05) is 31.7 Å². The van der Waals surface area contributed by atoms with Crippen LogP contribution in [0.5, 0.6) is 5.75 Å². The second kappa shape index (κ2) is 7.14. The first kappa shape index (κ1) is 18.3. The third-order valence-corrected chi connectivity index (χ3v) is 5.32. The number of piperidine rings is 1. The molecule has 0 saturated carbocycles. The number of hydrogen-bond donors (Lipinski definition) is 2. The summed E-state index contributed by atoms with van der Waals surface area (Å²) in [5, 5.41) is 10.0. The monoisotopic (exact) mass is 384 g/mol. The van der Waals surface area contributed by atoms with E-state index < -0.39 is 6.10 Å². The van der Waals surface area contributed by atoms with Crippen molar-refractivity contribution >= 4 is 23.3 Å². The predicted molar refractivity (Wildman–Crippen MR) is 104 cm³/mol. The number of aromatic amines is 1. The van der Waals surface area contributed by atoms with Crippen LogP contribution < -0.4 is 15.0 Å². The number of nitrogens with one attached hydrogen (secondary N) is 2. The Hall–Kier alpha value is -3.10. The number of ether oxygens (including phenoxy) is 1. The van der Waals surface area contributed by atoms with Crippen molar-refractivity contribution in [2.75, 3.05) is 30.4 Å². The van der Waals surface area contributed by atoms with Crippen molar-refractivity contribution in [2.24, 2.45) is 0 Å². The van der Waals surface area contributed by atoms with Crippen LogP contribution in [0.2, 0.25) is 0 Å². The molecule has 1 saturated heterocycles. The highest BCUT2D eigenvalue weighted by molar-refractivity contribution is 6.00. The van der Waals surface area contributed by atoms with Crippen LogP contribution in [0.25, 0.3) is 0 Å². The van der Waals surface area contributed by atoms with Gasteiger partial charge in [-0.2, -0.15) is 5.10 Å². The molecule has 28 heavy (non-hydrogen) atoms. The highest BCUT2D eigenvalue weighted by Crippen LogP contribution is 2.35. The molecular formula is C19H24N6O3. The van der Waals surface area contributed by atoms with Crippen LogP contribution in [0.3, 0.4) is 0 Å². The van der Waals surface area contributed by atoms with E-state index in [0.717, 1.165) is 24.5 Å². The Kier molecular flexibility index (Phi) is 4.66. The number of aromatic nitrogens is 3. The number of likely N-dealkylation sites (N-methyl/N-ethyl adjacent to an activating group) is 1. The van der Waals surface area contributed by atoms with Gasteiger partial charge in [-0.05, 0) is 44.9 Å². The molecule has 1 atom stereocenters. The Morgan fingerprint density at radius 3 is 2.75 bits per heavy atom. The predicted octanol–water partition coefficient (Wildman–Crippen LogP) is 2.27. The Labute approximate surface area is 163 Å². The van der Waals surface area contributed by atoms with Crippen molar-refractivity contribution < 1.29 is 14.3 Å². The first-order chi connectivity index (χ1) is 13.4. The molecule has 0 radical (unpaired) electrons. The summed E-state index contributed by atoms with van der Waals surface area (Å²) in [5.74, 6) is 2.44. The van der Waals surface area contributed by atoms with Crippen LogP contribution in [0.15, 0.2) is 18.2 Å². The maximum Gasteiger partial charge on any atom is 0.321 e. The average molecular weight is 384 g/mol. The SMILES string of the molecule is Cc1nc(C2CCN(C(=O)Nc3ccc4c(c3)N(C)C(=O)C(C)O4)CC2)n[nH]1. The molecule has 2 aromatic rings. The van der Waals surface area contributed by atoms with Crippen LogP contribution in [0.4, 0.5) is 16.2 Å². The molecule has 4 rings (SSSR count). The molecule has 148 valence electrons. The lowest BCUT2D eigenvalue weighted by Crippen LogP contribution is -2.42. The van der Waals surface area contributed by atoms with E-state index in [1.807, 2.05) is 6.92 Å². The lowest BCUT2D eigenvalue weighted by molar-refractivity contribution is -0.125. The van der Waals surface area contributed by atoms with E-state index in [1.165, 1.54) is 0 Å². The first-order valence-electron chi connectivity index (χ1n) is 9.45. The normalized spacial score (nSPS) is 20.0. The minimum absolute atomic E-state index is 0.111. The van der Waals surface area contributed by atoms with Gasteiger partial charge in [0.15, 0.2) is 11.9 Å². The van der Waals surface area contributed by atoms with E-state index in [-0.39, 0.29) is 17.9 Å². The number of carbonyl (C=O) groups is 2. The largest absolute Gasteiger partial charge is 0.479 e. The number of likely N-dealkylation sites (tertiary alicyclic amines) is 1. The molecule has 1 aromatic carbocycles. The van der Waals surface area contributed by atoms with E-state index in [0.29, 0.717) is 30.2 Å². The number of anilines is 2. The van der Waals surface area contributed by atoms with Gasteiger partial charge in [-0.3, -0.25) is 9.89 Å². The van der Waals surface area contributed by atoms with Gasteiger partial charge in [-0.15, -0.1) is 0 Å². The number of carbonyl (C=O) groups excluding carboxylic acids is 2. The quantitative estimate of drug-likeness (QED) is 0.827. The van der Waals surface area contributed by atoms with E-state index in [2.05, 4.69) is 20.5 Å². The lowest BCUT2D eigenvalue weighted by Gasteiger charge is -2.32. The van der Waals surface area contributed by atoms with Gasteiger partial charge in [0.25, 0.3) is 5.91 Å². The number of aryl methyl sites for hydroxylation is 1. The van der Waals surface area contributed by atoms with Crippen LogP contribution in [0, 0.1) is 6.92 Å². The summed E-state index contributed by atoms with van der Waals surface area (Å²) in [6, 6.07) is 5.18. The summed E-state index contributed by atoms with van der Waals surface area (Å²) in [7, 11) is 1.71. The van der Waals surface area contributed by atoms with Gasteiger partial charge in [0.1, 0.15) is 11.6 Å². The molecule has 3 amide bonds. The second-order valence-electron chi connectivity index (χ2n) is 7.31. The average Bonchev–Trinajstić information content (AvgIpc) is 3.13. The van der Waals surface area contributed by atoms with E-state index in [1.54, 1.807) is 42.0 Å². The zero-order valence-corrected chi connectivity index (χ0v) is 16.2.